The Morgan fingerprint density at radius 2 is 2.00 bits per heavy atom. The Hall–Kier alpha value is -3.13. The minimum atomic E-state index is -0.726. The van der Waals surface area contributed by atoms with Crippen molar-refractivity contribution in [2.75, 3.05) is 13.6 Å². The summed E-state index contributed by atoms with van der Waals surface area (Å²) in [6, 6.07) is 4.07. The molecule has 0 radical (unpaired) electrons. The lowest BCUT2D eigenvalue weighted by Crippen LogP contribution is -2.28. The summed E-state index contributed by atoms with van der Waals surface area (Å²) in [5.74, 6) is 3.95. The van der Waals surface area contributed by atoms with Crippen molar-refractivity contribution in [1.29, 1.82) is 5.26 Å². The largest absolute Gasteiger partial charge is 0.506 e. The summed E-state index contributed by atoms with van der Waals surface area (Å²) in [6.45, 7) is 0.0310. The standard InChI is InChI=1S/C18H14Cl2N4O3/c1-23(5-3-4-11-9-22-24(2)10-11)18(27)13(8-21)16(25)12-6-14(19)17(26)15(20)7-12/h6-7,9-10,25-26H,5H2,1-2H3/b16-13-. The molecule has 1 heterocycles. The zero-order valence-corrected chi connectivity index (χ0v) is 15.9. The summed E-state index contributed by atoms with van der Waals surface area (Å²) in [5, 5.41) is 32.9. The third kappa shape index (κ3) is 4.73. The Morgan fingerprint density at radius 1 is 1.37 bits per heavy atom. The molecule has 9 heteroatoms. The van der Waals surface area contributed by atoms with Crippen molar-refractivity contribution in [3.8, 4) is 23.7 Å². The van der Waals surface area contributed by atoms with Crippen LogP contribution in [0.5, 0.6) is 5.75 Å². The minimum absolute atomic E-state index is 0.0301. The highest BCUT2D eigenvalue weighted by Gasteiger charge is 2.21. The Labute approximate surface area is 165 Å². The summed E-state index contributed by atoms with van der Waals surface area (Å²) >= 11 is 11.6. The van der Waals surface area contributed by atoms with Crippen molar-refractivity contribution in [3.05, 3.63) is 51.3 Å². The van der Waals surface area contributed by atoms with Gasteiger partial charge in [0.2, 0.25) is 0 Å². The monoisotopic (exact) mass is 404 g/mol. The minimum Gasteiger partial charge on any atom is -0.506 e. The van der Waals surface area contributed by atoms with Gasteiger partial charge >= 0.3 is 0 Å². The van der Waals surface area contributed by atoms with Crippen LogP contribution < -0.4 is 0 Å². The van der Waals surface area contributed by atoms with Crippen LogP contribution in [0.15, 0.2) is 30.1 Å². The van der Waals surface area contributed by atoms with Crippen LogP contribution in [0.4, 0.5) is 0 Å². The van der Waals surface area contributed by atoms with Crippen molar-refractivity contribution in [3.63, 3.8) is 0 Å². The average Bonchev–Trinajstić information content (AvgIpc) is 3.04. The second-order valence-electron chi connectivity index (χ2n) is 5.49. The van der Waals surface area contributed by atoms with Gasteiger partial charge in [0.05, 0.1) is 28.4 Å². The number of phenols is 1. The predicted molar refractivity (Wildman–Crippen MR) is 101 cm³/mol. The first-order chi connectivity index (χ1) is 12.7. The number of likely N-dealkylation sites (N-methyl/N-ethyl adjacent to an activating group) is 1. The number of phenolic OH excluding ortho intramolecular Hbond substituents is 1. The number of halogens is 2. The molecule has 0 bridgehead atoms. The van der Waals surface area contributed by atoms with Gasteiger partial charge in [-0.05, 0) is 12.1 Å². The number of benzene rings is 1. The fourth-order valence-corrected chi connectivity index (χ4v) is 2.54. The van der Waals surface area contributed by atoms with E-state index in [1.165, 1.54) is 24.1 Å². The first kappa shape index (κ1) is 20.2. The maximum absolute atomic E-state index is 12.5. The summed E-state index contributed by atoms with van der Waals surface area (Å²) in [7, 11) is 3.21. The number of aliphatic hydroxyl groups is 1. The number of hydrogen-bond acceptors (Lipinski definition) is 5. The fraction of sp³-hybridized carbons (Fsp3) is 0.167. The molecule has 1 aromatic heterocycles. The first-order valence-electron chi connectivity index (χ1n) is 7.49. The molecule has 2 N–H and O–H groups in total. The molecule has 138 valence electrons. The quantitative estimate of drug-likeness (QED) is 0.354. The summed E-state index contributed by atoms with van der Waals surface area (Å²) in [4.78, 5) is 13.6. The fourth-order valence-electron chi connectivity index (χ4n) is 2.06. The van der Waals surface area contributed by atoms with E-state index in [9.17, 15) is 20.3 Å². The molecule has 0 unspecified atom stereocenters. The van der Waals surface area contributed by atoms with Gasteiger partial charge in [0.15, 0.2) is 11.3 Å². The van der Waals surface area contributed by atoms with Crippen molar-refractivity contribution in [1.82, 2.24) is 14.7 Å². The number of carbonyl (C=O) groups excluding carboxylic acids is 1. The van der Waals surface area contributed by atoms with E-state index in [4.69, 9.17) is 23.2 Å². The molecule has 0 aliphatic carbocycles. The van der Waals surface area contributed by atoms with Crippen LogP contribution in [-0.2, 0) is 11.8 Å². The number of aryl methyl sites for hydroxylation is 1. The molecule has 0 saturated heterocycles. The van der Waals surface area contributed by atoms with Gasteiger partial charge in [0.1, 0.15) is 11.8 Å². The van der Waals surface area contributed by atoms with Crippen LogP contribution in [0.3, 0.4) is 0 Å². The molecule has 0 aliphatic heterocycles. The SMILES string of the molecule is CN(CC#Cc1cnn(C)c1)C(=O)/C(C#N)=C(\O)c1cc(Cl)c(O)c(Cl)c1. The summed E-state index contributed by atoms with van der Waals surface area (Å²) in [5.41, 5.74) is 0.215. The van der Waals surface area contributed by atoms with Crippen LogP contribution in [0.2, 0.25) is 10.0 Å². The molecule has 7 nitrogen and oxygen atoms in total. The number of aromatic nitrogens is 2. The highest BCUT2D eigenvalue weighted by Crippen LogP contribution is 2.35. The number of amides is 1. The van der Waals surface area contributed by atoms with Gasteiger partial charge < -0.3 is 15.1 Å². The third-order valence-corrected chi connectivity index (χ3v) is 4.03. The smallest absolute Gasteiger partial charge is 0.268 e. The van der Waals surface area contributed by atoms with E-state index in [2.05, 4.69) is 16.9 Å². The maximum Gasteiger partial charge on any atom is 0.268 e. The molecule has 0 aliphatic rings. The lowest BCUT2D eigenvalue weighted by atomic mass is 10.1. The molecule has 27 heavy (non-hydrogen) atoms. The van der Waals surface area contributed by atoms with E-state index in [-0.39, 0.29) is 27.9 Å². The average molecular weight is 405 g/mol. The molecule has 0 fully saturated rings. The molecule has 1 aromatic carbocycles. The second-order valence-corrected chi connectivity index (χ2v) is 6.30. The van der Waals surface area contributed by atoms with E-state index in [1.807, 2.05) is 0 Å². The zero-order chi connectivity index (χ0) is 20.1. The number of hydrogen-bond donors (Lipinski definition) is 2. The predicted octanol–water partition coefficient (Wildman–Crippen LogP) is 2.74. The van der Waals surface area contributed by atoms with Crippen molar-refractivity contribution in [2.24, 2.45) is 7.05 Å². The van der Waals surface area contributed by atoms with Gasteiger partial charge in [0, 0.05) is 25.9 Å². The van der Waals surface area contributed by atoms with E-state index >= 15 is 0 Å². The Bertz CT molecular complexity index is 1000. The summed E-state index contributed by atoms with van der Waals surface area (Å²) < 4.78 is 1.60. The number of carbonyl (C=O) groups is 1. The Morgan fingerprint density at radius 3 is 2.52 bits per heavy atom. The number of aliphatic hydroxyl groups excluding tert-OH is 1. The Balaban J connectivity index is 2.25. The molecular weight excluding hydrogens is 391 g/mol. The first-order valence-corrected chi connectivity index (χ1v) is 8.25. The van der Waals surface area contributed by atoms with E-state index < -0.39 is 17.2 Å². The van der Waals surface area contributed by atoms with Gasteiger partial charge in [-0.1, -0.05) is 35.0 Å². The maximum atomic E-state index is 12.5. The van der Waals surface area contributed by atoms with E-state index in [1.54, 1.807) is 30.2 Å². The Kier molecular flexibility index (Phi) is 6.36. The number of aromatic hydroxyl groups is 1. The van der Waals surface area contributed by atoms with Gasteiger partial charge in [-0.2, -0.15) is 10.4 Å². The van der Waals surface area contributed by atoms with Crippen LogP contribution in [0.25, 0.3) is 5.76 Å². The second kappa shape index (κ2) is 8.50. The van der Waals surface area contributed by atoms with Gasteiger partial charge in [-0.25, -0.2) is 0 Å². The van der Waals surface area contributed by atoms with Crippen LogP contribution in [0, 0.1) is 23.2 Å². The van der Waals surface area contributed by atoms with Crippen molar-refractivity contribution >= 4 is 34.9 Å². The van der Waals surface area contributed by atoms with Crippen LogP contribution in [0.1, 0.15) is 11.1 Å². The normalized spacial score (nSPS) is 11.1. The molecule has 2 aromatic rings. The highest BCUT2D eigenvalue weighted by atomic mass is 35.5. The lowest BCUT2D eigenvalue weighted by molar-refractivity contribution is -0.124. The molecule has 0 saturated carbocycles. The van der Waals surface area contributed by atoms with Gasteiger partial charge in [-0.3, -0.25) is 9.48 Å². The molecule has 2 rings (SSSR count). The zero-order valence-electron chi connectivity index (χ0n) is 14.4. The van der Waals surface area contributed by atoms with Gasteiger partial charge in [-0.15, -0.1) is 0 Å². The van der Waals surface area contributed by atoms with Crippen molar-refractivity contribution < 1.29 is 15.0 Å². The molecule has 0 atom stereocenters. The number of nitrogens with zero attached hydrogens (tertiary/aromatic N) is 4. The van der Waals surface area contributed by atoms with E-state index in [0.717, 1.165) is 0 Å². The number of rotatable bonds is 3. The summed E-state index contributed by atoms with van der Waals surface area (Å²) in [6.07, 6.45) is 3.30. The molecular formula is C18H14Cl2N4O3. The topological polar surface area (TPSA) is 102 Å². The van der Waals surface area contributed by atoms with Crippen LogP contribution in [-0.4, -0.2) is 44.4 Å². The van der Waals surface area contributed by atoms with Crippen molar-refractivity contribution in [2.45, 2.75) is 0 Å². The lowest BCUT2D eigenvalue weighted by Gasteiger charge is -2.14. The van der Waals surface area contributed by atoms with E-state index in [0.29, 0.717) is 5.56 Å². The third-order valence-electron chi connectivity index (χ3n) is 3.45. The van der Waals surface area contributed by atoms with Crippen LogP contribution >= 0.6 is 23.2 Å². The van der Waals surface area contributed by atoms with Gasteiger partial charge in [0.25, 0.3) is 5.91 Å². The molecule has 1 amide bonds. The number of nitriles is 1. The highest BCUT2D eigenvalue weighted by molar-refractivity contribution is 6.37. The molecule has 0 spiro atoms.